The highest BCUT2D eigenvalue weighted by Gasteiger charge is 2.28. The Kier molecular flexibility index (Phi) is 5.36. The second-order valence-electron chi connectivity index (χ2n) is 7.06. The molecule has 0 spiro atoms. The number of aryl methyl sites for hydroxylation is 1. The molecule has 3 aromatic rings. The summed E-state index contributed by atoms with van der Waals surface area (Å²) in [7, 11) is 0. The van der Waals surface area contributed by atoms with Crippen molar-refractivity contribution in [1.29, 1.82) is 0 Å². The third-order valence-corrected chi connectivity index (χ3v) is 4.36. The van der Waals surface area contributed by atoms with E-state index in [0.29, 0.717) is 5.82 Å². The Morgan fingerprint density at radius 3 is 2.46 bits per heavy atom. The molecule has 1 N–H and O–H groups in total. The van der Waals surface area contributed by atoms with Gasteiger partial charge in [0.25, 0.3) is 0 Å². The average molecular weight is 387 g/mol. The quantitative estimate of drug-likeness (QED) is 0.661. The Bertz CT molecular complexity index is 1030. The van der Waals surface area contributed by atoms with E-state index in [0.717, 1.165) is 27.5 Å². The summed E-state index contributed by atoms with van der Waals surface area (Å²) in [6.07, 6.45) is -2.18. The number of nitrogens with zero attached hydrogens (tertiary/aromatic N) is 2. The van der Waals surface area contributed by atoms with Crippen LogP contribution in [0.3, 0.4) is 0 Å². The number of carbonyl (C=O) groups excluding carboxylic acids is 1. The van der Waals surface area contributed by atoms with Crippen LogP contribution in [0.1, 0.15) is 25.1 Å². The Hall–Kier alpha value is -2.96. The zero-order valence-corrected chi connectivity index (χ0v) is 15.8. The van der Waals surface area contributed by atoms with Crippen molar-refractivity contribution in [2.24, 2.45) is 5.92 Å². The largest absolute Gasteiger partial charge is 0.394 e. The fraction of sp³-hybridized carbons (Fsp3) is 0.286. The number of fused-ring (bicyclic) bond motifs is 1. The Morgan fingerprint density at radius 2 is 1.82 bits per heavy atom. The van der Waals surface area contributed by atoms with Crippen LogP contribution < -0.4 is 5.32 Å². The third kappa shape index (κ3) is 4.65. The van der Waals surface area contributed by atoms with Crippen LogP contribution in [0.4, 0.5) is 19.0 Å². The number of pyridine rings is 2. The maximum atomic E-state index is 12.6. The van der Waals surface area contributed by atoms with Crippen molar-refractivity contribution in [3.63, 3.8) is 0 Å². The van der Waals surface area contributed by atoms with Gasteiger partial charge in [0.1, 0.15) is 5.82 Å². The van der Waals surface area contributed by atoms with Gasteiger partial charge < -0.3 is 5.32 Å². The van der Waals surface area contributed by atoms with Gasteiger partial charge >= 0.3 is 6.18 Å². The van der Waals surface area contributed by atoms with Crippen molar-refractivity contribution in [2.45, 2.75) is 33.4 Å². The smallest absolute Gasteiger partial charge is 0.310 e. The summed E-state index contributed by atoms with van der Waals surface area (Å²) >= 11 is 0. The molecule has 0 saturated carbocycles. The van der Waals surface area contributed by atoms with Gasteiger partial charge in [-0.2, -0.15) is 13.2 Å². The minimum absolute atomic E-state index is 0.00161. The molecule has 0 aliphatic rings. The number of nitrogens with one attached hydrogen (secondary N) is 1. The molecule has 0 bridgehead atoms. The number of anilines is 1. The number of amides is 1. The van der Waals surface area contributed by atoms with E-state index in [1.54, 1.807) is 33.0 Å². The lowest BCUT2D eigenvalue weighted by Crippen LogP contribution is -2.18. The van der Waals surface area contributed by atoms with Crippen molar-refractivity contribution in [2.75, 3.05) is 5.32 Å². The summed E-state index contributed by atoms with van der Waals surface area (Å²) in [5.74, 6) is 0.230. The zero-order valence-electron chi connectivity index (χ0n) is 15.8. The fourth-order valence-corrected chi connectivity index (χ4v) is 2.87. The fourth-order valence-electron chi connectivity index (χ4n) is 2.87. The van der Waals surface area contributed by atoms with E-state index in [1.165, 1.54) is 12.3 Å². The molecule has 1 aromatic carbocycles. The Morgan fingerprint density at radius 1 is 1.07 bits per heavy atom. The van der Waals surface area contributed by atoms with Crippen LogP contribution in [0, 0.1) is 12.8 Å². The molecule has 7 heteroatoms. The first kappa shape index (κ1) is 19.8. The zero-order chi connectivity index (χ0) is 20.5. The van der Waals surface area contributed by atoms with E-state index in [4.69, 9.17) is 0 Å². The number of alkyl halides is 3. The molecule has 28 heavy (non-hydrogen) atoms. The molecule has 0 radical (unpaired) electrons. The molecule has 1 amide bonds. The van der Waals surface area contributed by atoms with E-state index in [9.17, 15) is 18.0 Å². The van der Waals surface area contributed by atoms with Crippen LogP contribution in [0.25, 0.3) is 21.9 Å². The van der Waals surface area contributed by atoms with Crippen LogP contribution in [0.5, 0.6) is 0 Å². The topological polar surface area (TPSA) is 54.9 Å². The molecule has 4 nitrogen and oxygen atoms in total. The van der Waals surface area contributed by atoms with E-state index in [-0.39, 0.29) is 17.5 Å². The second kappa shape index (κ2) is 7.58. The summed E-state index contributed by atoms with van der Waals surface area (Å²) in [6, 6.07) is 8.93. The lowest BCUT2D eigenvalue weighted by molar-refractivity contribution is -0.127. The number of aromatic nitrogens is 2. The van der Waals surface area contributed by atoms with Crippen LogP contribution in [-0.2, 0) is 11.2 Å². The van der Waals surface area contributed by atoms with Crippen molar-refractivity contribution in [1.82, 2.24) is 9.97 Å². The molecule has 3 rings (SSSR count). The van der Waals surface area contributed by atoms with Crippen LogP contribution >= 0.6 is 0 Å². The normalized spacial score (nSPS) is 11.8. The molecular weight excluding hydrogens is 367 g/mol. The van der Waals surface area contributed by atoms with Gasteiger partial charge in [0.05, 0.1) is 6.42 Å². The van der Waals surface area contributed by atoms with Crippen LogP contribution in [0.2, 0.25) is 0 Å². The van der Waals surface area contributed by atoms with E-state index < -0.39 is 12.6 Å². The summed E-state index contributed by atoms with van der Waals surface area (Å²) in [5.41, 5.74) is 2.34. The molecule has 0 aliphatic carbocycles. The molecule has 0 fully saturated rings. The maximum Gasteiger partial charge on any atom is 0.394 e. The predicted molar refractivity (Wildman–Crippen MR) is 103 cm³/mol. The minimum atomic E-state index is -4.28. The van der Waals surface area contributed by atoms with Gasteiger partial charge in [-0.05, 0) is 41.6 Å². The molecule has 2 aromatic heterocycles. The van der Waals surface area contributed by atoms with E-state index in [1.807, 2.05) is 18.2 Å². The molecule has 2 heterocycles. The number of rotatable bonds is 4. The van der Waals surface area contributed by atoms with Gasteiger partial charge in [-0.15, -0.1) is 0 Å². The van der Waals surface area contributed by atoms with Crippen LogP contribution in [0.15, 0.2) is 42.7 Å². The maximum absolute atomic E-state index is 12.6. The number of halogens is 3. The SMILES string of the molecule is Cc1cc(CC(F)(F)F)ncc1-c1ccc2cc(NC(=O)C(C)C)ncc2c1. The first-order valence-electron chi connectivity index (χ1n) is 8.86. The number of carbonyl (C=O) groups is 1. The van der Waals surface area contributed by atoms with E-state index >= 15 is 0 Å². The minimum Gasteiger partial charge on any atom is -0.310 e. The van der Waals surface area contributed by atoms with E-state index in [2.05, 4.69) is 15.3 Å². The monoisotopic (exact) mass is 387 g/mol. The summed E-state index contributed by atoms with van der Waals surface area (Å²) in [4.78, 5) is 20.0. The van der Waals surface area contributed by atoms with Crippen molar-refractivity contribution >= 4 is 22.5 Å². The first-order valence-corrected chi connectivity index (χ1v) is 8.86. The highest BCUT2D eigenvalue weighted by atomic mass is 19.4. The molecule has 0 atom stereocenters. The Labute approximate surface area is 160 Å². The highest BCUT2D eigenvalue weighted by Crippen LogP contribution is 2.29. The van der Waals surface area contributed by atoms with Gasteiger partial charge in [0.2, 0.25) is 5.91 Å². The van der Waals surface area contributed by atoms with Gasteiger partial charge in [0.15, 0.2) is 0 Å². The average Bonchev–Trinajstić information content (AvgIpc) is 2.60. The van der Waals surface area contributed by atoms with Gasteiger partial charge in [-0.25, -0.2) is 4.98 Å². The molecule has 0 unspecified atom stereocenters. The molecule has 0 saturated heterocycles. The Balaban J connectivity index is 1.89. The van der Waals surface area contributed by atoms with Crippen molar-refractivity contribution < 1.29 is 18.0 Å². The summed E-state index contributed by atoms with van der Waals surface area (Å²) < 4.78 is 37.7. The summed E-state index contributed by atoms with van der Waals surface area (Å²) in [6.45, 7) is 5.38. The van der Waals surface area contributed by atoms with Gasteiger partial charge in [0, 0.05) is 35.0 Å². The van der Waals surface area contributed by atoms with Crippen molar-refractivity contribution in [3.8, 4) is 11.1 Å². The molecular formula is C21H20F3N3O. The number of hydrogen-bond donors (Lipinski definition) is 1. The number of benzene rings is 1. The lowest BCUT2D eigenvalue weighted by Gasteiger charge is -2.11. The van der Waals surface area contributed by atoms with Crippen LogP contribution in [-0.4, -0.2) is 22.1 Å². The standard InChI is InChI=1S/C21H20F3N3O/c1-12(2)20(28)27-19-8-14-4-5-15(7-16(14)10-26-19)18-11-25-17(6-13(18)3)9-21(22,23)24/h4-8,10-12H,9H2,1-3H3,(H,26,27,28). The van der Waals surface area contributed by atoms with Gasteiger partial charge in [-0.3, -0.25) is 9.78 Å². The number of hydrogen-bond acceptors (Lipinski definition) is 3. The summed E-state index contributed by atoms with van der Waals surface area (Å²) in [5, 5.41) is 4.52. The lowest BCUT2D eigenvalue weighted by atomic mass is 9.99. The second-order valence-corrected chi connectivity index (χ2v) is 7.06. The highest BCUT2D eigenvalue weighted by molar-refractivity contribution is 5.94. The van der Waals surface area contributed by atoms with Crippen molar-refractivity contribution in [3.05, 3.63) is 54.0 Å². The third-order valence-electron chi connectivity index (χ3n) is 4.36. The van der Waals surface area contributed by atoms with Gasteiger partial charge in [-0.1, -0.05) is 26.0 Å². The first-order chi connectivity index (χ1) is 13.1. The predicted octanol–water partition coefficient (Wildman–Crippen LogP) is 5.30. The molecule has 146 valence electrons. The molecule has 0 aliphatic heterocycles.